The Morgan fingerprint density at radius 1 is 1.57 bits per heavy atom. The van der Waals surface area contributed by atoms with E-state index in [4.69, 9.17) is 10.00 Å². The minimum atomic E-state index is -0.311. The highest BCUT2D eigenvalue weighted by Gasteiger charge is 2.09. The molecule has 5 nitrogen and oxygen atoms in total. The summed E-state index contributed by atoms with van der Waals surface area (Å²) in [4.78, 5) is 16.3. The average Bonchev–Trinajstić information content (AvgIpc) is 2.14. The normalized spacial score (nSPS) is 10.6. The number of amidine groups is 1. The molecule has 5 heteroatoms. The number of esters is 1. The molecule has 0 aliphatic heterocycles. The fraction of sp³-hybridized carbons (Fsp3) is 0.667. The second-order valence-corrected chi connectivity index (χ2v) is 2.64. The van der Waals surface area contributed by atoms with Crippen molar-refractivity contribution < 1.29 is 9.53 Å². The summed E-state index contributed by atoms with van der Waals surface area (Å²) in [5.74, 6) is 0.273. The summed E-state index contributed by atoms with van der Waals surface area (Å²) in [5.41, 5.74) is 0. The molecule has 0 aliphatic rings. The molecule has 0 amide bonds. The van der Waals surface area contributed by atoms with Crippen molar-refractivity contribution in [1.29, 1.82) is 5.26 Å². The van der Waals surface area contributed by atoms with Crippen LogP contribution in [0.1, 0.15) is 20.3 Å². The number of aliphatic imine (C=N–C) groups is 1. The van der Waals surface area contributed by atoms with Crippen LogP contribution in [0.25, 0.3) is 0 Å². The van der Waals surface area contributed by atoms with Gasteiger partial charge in [0.05, 0.1) is 6.61 Å². The van der Waals surface area contributed by atoms with E-state index in [0.29, 0.717) is 18.9 Å². The molecule has 0 saturated heterocycles. The third-order valence-electron chi connectivity index (χ3n) is 1.61. The quantitative estimate of drug-likeness (QED) is 0.289. The van der Waals surface area contributed by atoms with E-state index in [2.05, 4.69) is 4.99 Å². The lowest BCUT2D eigenvalue weighted by Gasteiger charge is -2.17. The Hall–Kier alpha value is -1.57. The lowest BCUT2D eigenvalue weighted by Crippen LogP contribution is -2.32. The number of nitriles is 1. The largest absolute Gasteiger partial charge is 0.465 e. The zero-order valence-electron chi connectivity index (χ0n) is 8.78. The first-order chi connectivity index (χ1) is 6.65. The van der Waals surface area contributed by atoms with Crippen molar-refractivity contribution >= 4 is 11.8 Å². The van der Waals surface area contributed by atoms with Crippen molar-refractivity contribution in [2.75, 3.05) is 20.2 Å². The number of carbonyl (C=O) groups excluding carboxylic acids is 1. The fourth-order valence-electron chi connectivity index (χ4n) is 0.984. The Bertz CT molecular complexity index is 255. The SMILES string of the molecule is CCOC(=O)CN(C)C(CC)=NC#N. The second kappa shape index (κ2) is 6.89. The van der Waals surface area contributed by atoms with Crippen molar-refractivity contribution in [3.05, 3.63) is 0 Å². The van der Waals surface area contributed by atoms with E-state index in [1.54, 1.807) is 25.1 Å². The van der Waals surface area contributed by atoms with Crippen molar-refractivity contribution in [1.82, 2.24) is 4.90 Å². The van der Waals surface area contributed by atoms with Crippen LogP contribution in [0.15, 0.2) is 4.99 Å². The average molecular weight is 197 g/mol. The van der Waals surface area contributed by atoms with Gasteiger partial charge in [-0.2, -0.15) is 10.3 Å². The van der Waals surface area contributed by atoms with Crippen LogP contribution in [-0.4, -0.2) is 36.9 Å². The van der Waals surface area contributed by atoms with E-state index >= 15 is 0 Å². The molecule has 78 valence electrons. The van der Waals surface area contributed by atoms with Gasteiger partial charge in [-0.15, -0.1) is 0 Å². The number of ether oxygens (including phenoxy) is 1. The van der Waals surface area contributed by atoms with Crippen LogP contribution in [0.2, 0.25) is 0 Å². The van der Waals surface area contributed by atoms with Gasteiger partial charge in [-0.1, -0.05) is 6.92 Å². The van der Waals surface area contributed by atoms with Gasteiger partial charge >= 0.3 is 5.97 Å². The lowest BCUT2D eigenvalue weighted by molar-refractivity contribution is -0.143. The maximum absolute atomic E-state index is 11.1. The van der Waals surface area contributed by atoms with E-state index in [9.17, 15) is 4.79 Å². The molecule has 0 unspecified atom stereocenters. The van der Waals surface area contributed by atoms with Crippen LogP contribution in [0.5, 0.6) is 0 Å². The van der Waals surface area contributed by atoms with E-state index in [-0.39, 0.29) is 12.5 Å². The van der Waals surface area contributed by atoms with Gasteiger partial charge in [0.2, 0.25) is 6.19 Å². The number of likely N-dealkylation sites (N-methyl/N-ethyl adjacent to an activating group) is 1. The maximum Gasteiger partial charge on any atom is 0.325 e. The van der Waals surface area contributed by atoms with Gasteiger partial charge in [-0.3, -0.25) is 4.79 Å². The van der Waals surface area contributed by atoms with Crippen LogP contribution in [-0.2, 0) is 9.53 Å². The standard InChI is InChI=1S/C9H15N3O2/c1-4-8(11-7-10)12(3)6-9(13)14-5-2/h4-6H2,1-3H3. The molecule has 0 atom stereocenters. The molecule has 0 saturated carbocycles. The minimum Gasteiger partial charge on any atom is -0.465 e. The summed E-state index contributed by atoms with van der Waals surface area (Å²) >= 11 is 0. The number of hydrogen-bond donors (Lipinski definition) is 0. The zero-order chi connectivity index (χ0) is 11.0. The third kappa shape index (κ3) is 4.45. The van der Waals surface area contributed by atoms with E-state index in [0.717, 1.165) is 0 Å². The van der Waals surface area contributed by atoms with Crippen LogP contribution in [0, 0.1) is 11.5 Å². The van der Waals surface area contributed by atoms with Gasteiger partial charge < -0.3 is 9.64 Å². The molecular formula is C9H15N3O2. The first-order valence-corrected chi connectivity index (χ1v) is 4.48. The number of hydrogen-bond acceptors (Lipinski definition) is 4. The zero-order valence-corrected chi connectivity index (χ0v) is 8.78. The molecule has 0 rings (SSSR count). The van der Waals surface area contributed by atoms with Crippen LogP contribution < -0.4 is 0 Å². The molecule has 0 fully saturated rings. The second-order valence-electron chi connectivity index (χ2n) is 2.64. The molecule has 0 aromatic heterocycles. The lowest BCUT2D eigenvalue weighted by atomic mass is 10.4. The van der Waals surface area contributed by atoms with Gasteiger partial charge in [0.1, 0.15) is 12.4 Å². The molecule has 0 aliphatic carbocycles. The monoisotopic (exact) mass is 197 g/mol. The van der Waals surface area contributed by atoms with Crippen molar-refractivity contribution in [2.45, 2.75) is 20.3 Å². The molecule has 0 heterocycles. The Morgan fingerprint density at radius 3 is 2.64 bits per heavy atom. The highest BCUT2D eigenvalue weighted by molar-refractivity contribution is 5.86. The highest BCUT2D eigenvalue weighted by atomic mass is 16.5. The number of carbonyl (C=O) groups is 1. The molecule has 0 N–H and O–H groups in total. The van der Waals surface area contributed by atoms with E-state index in [1.165, 1.54) is 0 Å². The van der Waals surface area contributed by atoms with Gasteiger partial charge in [0, 0.05) is 13.5 Å². The van der Waals surface area contributed by atoms with Gasteiger partial charge in [-0.25, -0.2) is 0 Å². The summed E-state index contributed by atoms with van der Waals surface area (Å²) in [5, 5.41) is 8.37. The van der Waals surface area contributed by atoms with Gasteiger partial charge in [0.25, 0.3) is 0 Å². The summed E-state index contributed by atoms with van der Waals surface area (Å²) in [6, 6.07) is 0. The predicted molar refractivity (Wildman–Crippen MR) is 52.6 cm³/mol. The Kier molecular flexibility index (Phi) is 6.12. The van der Waals surface area contributed by atoms with E-state index < -0.39 is 0 Å². The topological polar surface area (TPSA) is 65.7 Å². The molecule has 14 heavy (non-hydrogen) atoms. The van der Waals surface area contributed by atoms with Crippen molar-refractivity contribution in [3.63, 3.8) is 0 Å². The van der Waals surface area contributed by atoms with Crippen LogP contribution >= 0.6 is 0 Å². The highest BCUT2D eigenvalue weighted by Crippen LogP contribution is 1.94. The number of rotatable bonds is 4. The summed E-state index contributed by atoms with van der Waals surface area (Å²) in [7, 11) is 1.70. The van der Waals surface area contributed by atoms with Crippen molar-refractivity contribution in [2.24, 2.45) is 4.99 Å². The van der Waals surface area contributed by atoms with Crippen LogP contribution in [0.4, 0.5) is 0 Å². The molecule has 0 bridgehead atoms. The first kappa shape index (κ1) is 12.4. The molecule has 0 aromatic carbocycles. The van der Waals surface area contributed by atoms with Gasteiger partial charge in [-0.05, 0) is 6.92 Å². The molecular weight excluding hydrogens is 182 g/mol. The molecule has 0 spiro atoms. The smallest absolute Gasteiger partial charge is 0.325 e. The van der Waals surface area contributed by atoms with Crippen molar-refractivity contribution in [3.8, 4) is 6.19 Å². The molecule has 0 radical (unpaired) electrons. The Morgan fingerprint density at radius 2 is 2.21 bits per heavy atom. The minimum absolute atomic E-state index is 0.127. The van der Waals surface area contributed by atoms with E-state index in [1.807, 2.05) is 6.92 Å². The molecule has 0 aromatic rings. The maximum atomic E-state index is 11.1. The summed E-state index contributed by atoms with van der Waals surface area (Å²) < 4.78 is 4.77. The van der Waals surface area contributed by atoms with Crippen LogP contribution in [0.3, 0.4) is 0 Å². The third-order valence-corrected chi connectivity index (χ3v) is 1.61. The first-order valence-electron chi connectivity index (χ1n) is 4.48. The summed E-state index contributed by atoms with van der Waals surface area (Å²) in [6.45, 7) is 4.12. The Labute approximate surface area is 84.0 Å². The summed E-state index contributed by atoms with van der Waals surface area (Å²) in [6.07, 6.45) is 2.31. The Balaban J connectivity index is 4.19. The fourth-order valence-corrected chi connectivity index (χ4v) is 0.984. The number of nitrogens with zero attached hydrogens (tertiary/aromatic N) is 3. The van der Waals surface area contributed by atoms with Gasteiger partial charge in [0.15, 0.2) is 0 Å². The predicted octanol–water partition coefficient (Wildman–Crippen LogP) is 0.771.